The Balaban J connectivity index is 1.27. The third-order valence-electron chi connectivity index (χ3n) is 8.85. The maximum absolute atomic E-state index is 10.1. The van der Waals surface area contributed by atoms with Gasteiger partial charge < -0.3 is 19.6 Å². The van der Waals surface area contributed by atoms with E-state index in [9.17, 15) is 10.4 Å². The fraction of sp³-hybridized carbons (Fsp3) is 0.630. The van der Waals surface area contributed by atoms with Crippen molar-refractivity contribution in [2.45, 2.75) is 63.2 Å². The normalized spacial score (nSPS) is 23.8. The number of rotatable bonds is 6. The second-order valence-corrected chi connectivity index (χ2v) is 12.7. The molecular weight excluding hydrogens is 508 g/mol. The largest absolute Gasteiger partial charge is 0.390 e. The highest BCUT2D eigenvalue weighted by atomic mass is 35.5. The minimum absolute atomic E-state index is 0.173. The minimum Gasteiger partial charge on any atom is -0.390 e. The first kappa shape index (κ1) is 26.5. The Morgan fingerprint density at radius 2 is 1.95 bits per heavy atom. The van der Waals surface area contributed by atoms with Crippen molar-refractivity contribution in [1.29, 1.82) is 5.26 Å². The van der Waals surface area contributed by atoms with Crippen LogP contribution in [0, 0.1) is 34.0 Å². The van der Waals surface area contributed by atoms with Gasteiger partial charge >= 0.3 is 0 Å². The summed E-state index contributed by atoms with van der Waals surface area (Å²) < 4.78 is 5.96. The van der Waals surface area contributed by atoms with Gasteiger partial charge in [-0.05, 0) is 45.6 Å². The molecule has 0 saturated carbocycles. The van der Waals surface area contributed by atoms with Crippen LogP contribution in [0.15, 0.2) is 28.4 Å². The van der Waals surface area contributed by atoms with Crippen LogP contribution in [0.2, 0.25) is 5.02 Å². The summed E-state index contributed by atoms with van der Waals surface area (Å²) in [5.74, 6) is 2.32. The zero-order chi connectivity index (χ0) is 26.4. The number of nitrogens with zero attached hydrogens (tertiary/aromatic N) is 6. The molecule has 0 aromatic carbocycles. The van der Waals surface area contributed by atoms with Crippen molar-refractivity contribution in [1.82, 2.24) is 15.0 Å². The molecule has 3 aliphatic rings. The first-order valence-electron chi connectivity index (χ1n) is 13.0. The first-order chi connectivity index (χ1) is 17.7. The third kappa shape index (κ3) is 4.89. The summed E-state index contributed by atoms with van der Waals surface area (Å²) in [4.78, 5) is 19.2. The Bertz CT molecular complexity index is 1190. The highest BCUT2D eigenvalue weighted by Gasteiger charge is 2.47. The Hall–Kier alpha value is -2.12. The van der Waals surface area contributed by atoms with E-state index in [1.807, 2.05) is 19.9 Å². The van der Waals surface area contributed by atoms with Gasteiger partial charge in [-0.25, -0.2) is 15.0 Å². The first-order valence-corrected chi connectivity index (χ1v) is 14.2. The quantitative estimate of drug-likeness (QED) is 0.552. The van der Waals surface area contributed by atoms with Gasteiger partial charge in [0.15, 0.2) is 5.82 Å². The highest BCUT2D eigenvalue weighted by Crippen LogP contribution is 2.47. The maximum atomic E-state index is 10.1. The van der Waals surface area contributed by atoms with Crippen LogP contribution < -0.4 is 9.80 Å². The summed E-state index contributed by atoms with van der Waals surface area (Å²) in [6.45, 7) is 12.4. The SMILES string of the molecule is C[C@@H]1OCC2(CCN(c3ncc(Sc4ccnc(N5CC(C(C)(C)C#N)C5)c4Cl)nc3CO)CC2)[C@@H]1C. The number of anilines is 2. The second-order valence-electron chi connectivity index (χ2n) is 11.3. The van der Waals surface area contributed by atoms with E-state index in [0.717, 1.165) is 62.2 Å². The smallest absolute Gasteiger partial charge is 0.152 e. The van der Waals surface area contributed by atoms with E-state index in [0.29, 0.717) is 27.8 Å². The van der Waals surface area contributed by atoms with Crippen LogP contribution in [0.25, 0.3) is 0 Å². The lowest BCUT2D eigenvalue weighted by molar-refractivity contribution is 0.0969. The predicted molar refractivity (Wildman–Crippen MR) is 145 cm³/mol. The van der Waals surface area contributed by atoms with Gasteiger partial charge in [-0.2, -0.15) is 5.26 Å². The van der Waals surface area contributed by atoms with Gasteiger partial charge in [0.2, 0.25) is 0 Å². The topological polar surface area (TPSA) is 98.4 Å². The number of aromatic nitrogens is 3. The number of ether oxygens (including phenoxy) is 1. The van der Waals surface area contributed by atoms with Gasteiger partial charge in [0.05, 0.1) is 42.0 Å². The molecule has 1 N–H and O–H groups in total. The third-order valence-corrected chi connectivity index (χ3v) is 10.3. The average Bonchev–Trinajstić information content (AvgIpc) is 3.14. The molecule has 0 amide bonds. The standard InChI is InChI=1S/C27H35ClN6O2S/c1-17-18(2)36-16-27(17)6-9-33(10-7-27)24-20(14-35)32-22(11-31-24)37-21-5-8-30-25(23(21)28)34-12-19(13-34)26(3,4)15-29/h5,8,11,17-19,35H,6-7,9-10,12-14,16H2,1-4H3/t17-,18+/m1/s1. The number of halogens is 1. The van der Waals surface area contributed by atoms with E-state index >= 15 is 0 Å². The summed E-state index contributed by atoms with van der Waals surface area (Å²) in [5, 5.41) is 20.8. The Labute approximate surface area is 228 Å². The Morgan fingerprint density at radius 1 is 1.22 bits per heavy atom. The number of aliphatic hydroxyl groups is 1. The van der Waals surface area contributed by atoms with Crippen molar-refractivity contribution in [2.24, 2.45) is 22.7 Å². The summed E-state index contributed by atoms with van der Waals surface area (Å²) in [7, 11) is 0. The lowest BCUT2D eigenvalue weighted by Crippen LogP contribution is -2.53. The van der Waals surface area contributed by atoms with Gasteiger partial charge in [0.1, 0.15) is 16.5 Å². The molecule has 3 fully saturated rings. The molecule has 0 radical (unpaired) electrons. The highest BCUT2D eigenvalue weighted by molar-refractivity contribution is 7.99. The van der Waals surface area contributed by atoms with E-state index in [1.165, 1.54) is 11.8 Å². The van der Waals surface area contributed by atoms with E-state index in [4.69, 9.17) is 26.3 Å². The molecule has 0 bridgehead atoms. The number of piperidine rings is 1. The number of hydrogen-bond donors (Lipinski definition) is 1. The molecule has 2 atom stereocenters. The molecule has 5 heterocycles. The van der Waals surface area contributed by atoms with Crippen molar-refractivity contribution in [3.63, 3.8) is 0 Å². The van der Waals surface area contributed by atoms with Crippen LogP contribution in [0.3, 0.4) is 0 Å². The molecule has 0 unspecified atom stereocenters. The number of hydrogen-bond acceptors (Lipinski definition) is 9. The summed E-state index contributed by atoms with van der Waals surface area (Å²) in [5.41, 5.74) is 0.457. The number of aliphatic hydroxyl groups excluding tert-OH is 1. The average molecular weight is 543 g/mol. The molecule has 2 aromatic rings. The Morgan fingerprint density at radius 3 is 2.57 bits per heavy atom. The van der Waals surface area contributed by atoms with E-state index in [-0.39, 0.29) is 23.4 Å². The van der Waals surface area contributed by atoms with Gasteiger partial charge in [-0.3, -0.25) is 0 Å². The van der Waals surface area contributed by atoms with Gasteiger partial charge in [0.25, 0.3) is 0 Å². The van der Waals surface area contributed by atoms with Crippen molar-refractivity contribution in [3.05, 3.63) is 29.2 Å². The predicted octanol–water partition coefficient (Wildman–Crippen LogP) is 4.80. The zero-order valence-corrected chi connectivity index (χ0v) is 23.5. The molecule has 10 heteroatoms. The summed E-state index contributed by atoms with van der Waals surface area (Å²) >= 11 is 8.19. The van der Waals surface area contributed by atoms with Crippen LogP contribution in [0.1, 0.15) is 46.2 Å². The molecule has 8 nitrogen and oxygen atoms in total. The van der Waals surface area contributed by atoms with Crippen LogP contribution >= 0.6 is 23.4 Å². The van der Waals surface area contributed by atoms with Crippen LogP contribution in [0.4, 0.5) is 11.6 Å². The van der Waals surface area contributed by atoms with Crippen LogP contribution in [-0.2, 0) is 11.3 Å². The molecule has 3 saturated heterocycles. The minimum atomic E-state index is -0.371. The molecule has 198 valence electrons. The van der Waals surface area contributed by atoms with Gasteiger partial charge in [-0.15, -0.1) is 0 Å². The van der Waals surface area contributed by atoms with Gasteiger partial charge in [-0.1, -0.05) is 30.3 Å². The lowest BCUT2D eigenvalue weighted by Gasteiger charge is -2.45. The van der Waals surface area contributed by atoms with E-state index in [1.54, 1.807) is 12.4 Å². The van der Waals surface area contributed by atoms with E-state index < -0.39 is 0 Å². The molecule has 1 spiro atoms. The van der Waals surface area contributed by atoms with Crippen molar-refractivity contribution >= 4 is 35.0 Å². The van der Waals surface area contributed by atoms with E-state index in [2.05, 4.69) is 34.7 Å². The summed E-state index contributed by atoms with van der Waals surface area (Å²) in [6.07, 6.45) is 5.93. The molecule has 0 aliphatic carbocycles. The monoisotopic (exact) mass is 542 g/mol. The van der Waals surface area contributed by atoms with Crippen LogP contribution in [0.5, 0.6) is 0 Å². The lowest BCUT2D eigenvalue weighted by atomic mass is 9.70. The maximum Gasteiger partial charge on any atom is 0.152 e. The van der Waals surface area contributed by atoms with Crippen molar-refractivity contribution < 1.29 is 9.84 Å². The van der Waals surface area contributed by atoms with Crippen LogP contribution in [-0.4, -0.2) is 58.9 Å². The number of pyridine rings is 1. The second kappa shape index (κ2) is 10.2. The van der Waals surface area contributed by atoms with Crippen molar-refractivity contribution in [3.8, 4) is 6.07 Å². The molecular formula is C27H35ClN6O2S. The summed E-state index contributed by atoms with van der Waals surface area (Å²) in [6, 6.07) is 4.27. The zero-order valence-electron chi connectivity index (χ0n) is 21.9. The fourth-order valence-corrected chi connectivity index (χ4v) is 6.83. The Kier molecular flexibility index (Phi) is 7.31. The molecule has 3 aliphatic heterocycles. The van der Waals surface area contributed by atoms with Gasteiger partial charge in [0, 0.05) is 48.6 Å². The van der Waals surface area contributed by atoms with Crippen molar-refractivity contribution in [2.75, 3.05) is 42.6 Å². The molecule has 37 heavy (non-hydrogen) atoms. The molecule has 5 rings (SSSR count). The molecule has 2 aromatic heterocycles. The number of nitriles is 1. The fourth-order valence-electron chi connectivity index (χ4n) is 5.68.